The molecule has 0 aliphatic carbocycles. The van der Waals surface area contributed by atoms with Gasteiger partial charge in [0.25, 0.3) is 0 Å². The van der Waals surface area contributed by atoms with Crippen LogP contribution in [0.5, 0.6) is 11.5 Å². The molecule has 96 valence electrons. The first-order valence-corrected chi connectivity index (χ1v) is 6.50. The molecule has 0 spiro atoms. The average molecular weight is 236 g/mol. The Morgan fingerprint density at radius 3 is 2.12 bits per heavy atom. The minimum absolute atomic E-state index is 0.177. The molecule has 1 rings (SSSR count). The fraction of sp³-hybridized carbons (Fsp3) is 0.600. The summed E-state index contributed by atoms with van der Waals surface area (Å²) < 4.78 is 0. The summed E-state index contributed by atoms with van der Waals surface area (Å²) in [7, 11) is 0. The SMILES string of the molecule is CCCCCCC(C)(C)c1c(O)cccc1O. The van der Waals surface area contributed by atoms with Gasteiger partial charge in [0.1, 0.15) is 11.5 Å². The van der Waals surface area contributed by atoms with Crippen molar-refractivity contribution < 1.29 is 10.2 Å². The van der Waals surface area contributed by atoms with Gasteiger partial charge in [-0.2, -0.15) is 0 Å². The van der Waals surface area contributed by atoms with Crippen LogP contribution in [0.3, 0.4) is 0 Å². The number of hydrogen-bond acceptors (Lipinski definition) is 2. The summed E-state index contributed by atoms with van der Waals surface area (Å²) in [6.07, 6.45) is 5.81. The van der Waals surface area contributed by atoms with Crippen LogP contribution in [-0.4, -0.2) is 10.2 Å². The number of rotatable bonds is 6. The van der Waals surface area contributed by atoms with E-state index >= 15 is 0 Å². The Kier molecular flexibility index (Phi) is 4.86. The van der Waals surface area contributed by atoms with Gasteiger partial charge in [0.15, 0.2) is 0 Å². The predicted molar refractivity (Wildman–Crippen MR) is 71.6 cm³/mol. The van der Waals surface area contributed by atoms with Crippen molar-refractivity contribution in [1.82, 2.24) is 0 Å². The Hall–Kier alpha value is -1.18. The zero-order valence-electron chi connectivity index (χ0n) is 11.2. The molecule has 0 amide bonds. The highest BCUT2D eigenvalue weighted by Gasteiger charge is 2.26. The Morgan fingerprint density at radius 2 is 1.59 bits per heavy atom. The lowest BCUT2D eigenvalue weighted by atomic mass is 9.79. The highest BCUT2D eigenvalue weighted by Crippen LogP contribution is 2.40. The van der Waals surface area contributed by atoms with E-state index in [2.05, 4.69) is 20.8 Å². The van der Waals surface area contributed by atoms with Gasteiger partial charge in [-0.15, -0.1) is 0 Å². The maximum Gasteiger partial charge on any atom is 0.123 e. The summed E-state index contributed by atoms with van der Waals surface area (Å²) >= 11 is 0. The summed E-state index contributed by atoms with van der Waals surface area (Å²) in [5.74, 6) is 0.399. The van der Waals surface area contributed by atoms with Gasteiger partial charge in [-0.1, -0.05) is 52.5 Å². The van der Waals surface area contributed by atoms with Crippen molar-refractivity contribution in [3.63, 3.8) is 0 Å². The van der Waals surface area contributed by atoms with E-state index in [1.54, 1.807) is 18.2 Å². The third-order valence-corrected chi connectivity index (χ3v) is 3.35. The van der Waals surface area contributed by atoms with Crippen molar-refractivity contribution in [1.29, 1.82) is 0 Å². The lowest BCUT2D eigenvalue weighted by molar-refractivity contribution is 0.377. The molecule has 0 saturated heterocycles. The molecule has 0 unspecified atom stereocenters. The van der Waals surface area contributed by atoms with Crippen molar-refractivity contribution in [3.8, 4) is 11.5 Å². The van der Waals surface area contributed by atoms with E-state index in [1.807, 2.05) is 0 Å². The topological polar surface area (TPSA) is 40.5 Å². The van der Waals surface area contributed by atoms with Crippen LogP contribution in [0.1, 0.15) is 58.4 Å². The zero-order chi connectivity index (χ0) is 12.9. The van der Waals surface area contributed by atoms with Crippen LogP contribution in [0.25, 0.3) is 0 Å². The van der Waals surface area contributed by atoms with Crippen LogP contribution in [0.4, 0.5) is 0 Å². The van der Waals surface area contributed by atoms with Gasteiger partial charge >= 0.3 is 0 Å². The maximum atomic E-state index is 9.87. The summed E-state index contributed by atoms with van der Waals surface area (Å²) in [4.78, 5) is 0. The van der Waals surface area contributed by atoms with E-state index in [-0.39, 0.29) is 16.9 Å². The number of benzene rings is 1. The molecule has 0 saturated carbocycles. The molecule has 0 radical (unpaired) electrons. The van der Waals surface area contributed by atoms with Gasteiger partial charge in [-0.3, -0.25) is 0 Å². The molecule has 0 aliphatic rings. The first-order valence-electron chi connectivity index (χ1n) is 6.50. The van der Waals surface area contributed by atoms with Crippen LogP contribution < -0.4 is 0 Å². The normalized spacial score (nSPS) is 11.7. The van der Waals surface area contributed by atoms with E-state index in [4.69, 9.17) is 0 Å². The first kappa shape index (κ1) is 13.9. The number of phenolic OH excluding ortho intramolecular Hbond substituents is 2. The van der Waals surface area contributed by atoms with Gasteiger partial charge in [-0.05, 0) is 24.0 Å². The maximum absolute atomic E-state index is 9.87. The fourth-order valence-corrected chi connectivity index (χ4v) is 2.34. The van der Waals surface area contributed by atoms with Crippen molar-refractivity contribution in [2.24, 2.45) is 0 Å². The Balaban J connectivity index is 2.75. The van der Waals surface area contributed by atoms with Crippen molar-refractivity contribution in [2.75, 3.05) is 0 Å². The standard InChI is InChI=1S/C15H24O2/c1-4-5-6-7-11-15(2,3)14-12(16)9-8-10-13(14)17/h8-10,16-17H,4-7,11H2,1-3H3. The molecule has 2 N–H and O–H groups in total. The highest BCUT2D eigenvalue weighted by molar-refractivity contribution is 5.47. The lowest BCUT2D eigenvalue weighted by Gasteiger charge is -2.27. The summed E-state index contributed by atoms with van der Waals surface area (Å²) in [5, 5.41) is 19.7. The van der Waals surface area contributed by atoms with E-state index in [9.17, 15) is 10.2 Å². The second-order valence-electron chi connectivity index (χ2n) is 5.37. The molecule has 0 heterocycles. The molecule has 2 nitrogen and oxygen atoms in total. The molecule has 1 aromatic rings. The molecular formula is C15H24O2. The summed E-state index contributed by atoms with van der Waals surface area (Å²) in [5.41, 5.74) is 0.500. The molecule has 0 atom stereocenters. The average Bonchev–Trinajstić information content (AvgIpc) is 2.24. The van der Waals surface area contributed by atoms with Crippen LogP contribution >= 0.6 is 0 Å². The molecule has 0 fully saturated rings. The third kappa shape index (κ3) is 3.65. The Labute approximate surface area is 104 Å². The van der Waals surface area contributed by atoms with Crippen LogP contribution in [-0.2, 0) is 5.41 Å². The minimum Gasteiger partial charge on any atom is -0.508 e. The largest absolute Gasteiger partial charge is 0.508 e. The molecule has 1 aromatic carbocycles. The van der Waals surface area contributed by atoms with E-state index in [0.717, 1.165) is 12.8 Å². The molecular weight excluding hydrogens is 212 g/mol. The van der Waals surface area contributed by atoms with E-state index in [0.29, 0.717) is 5.56 Å². The van der Waals surface area contributed by atoms with Gasteiger partial charge in [0, 0.05) is 5.56 Å². The quantitative estimate of drug-likeness (QED) is 0.721. The number of phenols is 2. The first-order chi connectivity index (χ1) is 7.99. The zero-order valence-corrected chi connectivity index (χ0v) is 11.2. The van der Waals surface area contributed by atoms with Gasteiger partial charge < -0.3 is 10.2 Å². The Bertz CT molecular complexity index is 336. The molecule has 2 heteroatoms. The third-order valence-electron chi connectivity index (χ3n) is 3.35. The molecule has 0 aromatic heterocycles. The minimum atomic E-state index is -0.177. The highest BCUT2D eigenvalue weighted by atomic mass is 16.3. The summed E-state index contributed by atoms with van der Waals surface area (Å²) in [6, 6.07) is 4.95. The van der Waals surface area contributed by atoms with Crippen LogP contribution in [0, 0.1) is 0 Å². The van der Waals surface area contributed by atoms with Crippen LogP contribution in [0.2, 0.25) is 0 Å². The van der Waals surface area contributed by atoms with Gasteiger partial charge in [0.2, 0.25) is 0 Å². The van der Waals surface area contributed by atoms with Crippen LogP contribution in [0.15, 0.2) is 18.2 Å². The van der Waals surface area contributed by atoms with Crippen molar-refractivity contribution in [3.05, 3.63) is 23.8 Å². The van der Waals surface area contributed by atoms with E-state index in [1.165, 1.54) is 19.3 Å². The molecule has 0 bridgehead atoms. The van der Waals surface area contributed by atoms with Crippen molar-refractivity contribution >= 4 is 0 Å². The lowest BCUT2D eigenvalue weighted by Crippen LogP contribution is -2.17. The monoisotopic (exact) mass is 236 g/mol. The predicted octanol–water partition coefficient (Wildman–Crippen LogP) is 4.35. The second kappa shape index (κ2) is 5.95. The van der Waals surface area contributed by atoms with Crippen molar-refractivity contribution in [2.45, 2.75) is 58.3 Å². The van der Waals surface area contributed by atoms with Gasteiger partial charge in [0.05, 0.1) is 0 Å². The number of hydrogen-bond donors (Lipinski definition) is 2. The Morgan fingerprint density at radius 1 is 1.00 bits per heavy atom. The smallest absolute Gasteiger partial charge is 0.123 e. The van der Waals surface area contributed by atoms with Gasteiger partial charge in [-0.25, -0.2) is 0 Å². The molecule has 0 aliphatic heterocycles. The van der Waals surface area contributed by atoms with E-state index < -0.39 is 0 Å². The summed E-state index contributed by atoms with van der Waals surface area (Å²) in [6.45, 7) is 6.35. The number of unbranched alkanes of at least 4 members (excludes halogenated alkanes) is 3. The second-order valence-corrected chi connectivity index (χ2v) is 5.37. The number of aromatic hydroxyl groups is 2. The fourth-order valence-electron chi connectivity index (χ4n) is 2.34. The molecule has 17 heavy (non-hydrogen) atoms.